The van der Waals surface area contributed by atoms with E-state index in [9.17, 15) is 0 Å². The van der Waals surface area contributed by atoms with Crippen molar-refractivity contribution in [1.82, 2.24) is 14.7 Å². The van der Waals surface area contributed by atoms with Crippen LogP contribution in [0.25, 0.3) is 0 Å². The van der Waals surface area contributed by atoms with Gasteiger partial charge in [-0.15, -0.1) is 11.8 Å². The third kappa shape index (κ3) is 5.02. The molecule has 0 saturated carbocycles. The Morgan fingerprint density at radius 3 is 2.65 bits per heavy atom. The molecule has 0 aliphatic carbocycles. The summed E-state index contributed by atoms with van der Waals surface area (Å²) < 4.78 is 7.54. The molecule has 0 radical (unpaired) electrons. The van der Waals surface area contributed by atoms with Crippen molar-refractivity contribution in [3.8, 4) is 0 Å². The normalized spacial score (nSPS) is 15.0. The van der Waals surface area contributed by atoms with Crippen LogP contribution in [-0.2, 0) is 18.3 Å². The van der Waals surface area contributed by atoms with E-state index >= 15 is 0 Å². The maximum atomic E-state index is 5.51. The van der Waals surface area contributed by atoms with Gasteiger partial charge >= 0.3 is 0 Å². The second-order valence-corrected chi connectivity index (χ2v) is 8.03. The zero-order valence-corrected chi connectivity index (χ0v) is 17.0. The van der Waals surface area contributed by atoms with Crippen LogP contribution in [-0.4, -0.2) is 60.3 Å². The molecule has 0 N–H and O–H groups in total. The molecule has 0 unspecified atom stereocenters. The summed E-state index contributed by atoms with van der Waals surface area (Å²) in [6.45, 7) is 7.66. The van der Waals surface area contributed by atoms with Gasteiger partial charge in [-0.3, -0.25) is 4.68 Å². The van der Waals surface area contributed by atoms with Crippen LogP contribution < -0.4 is 4.90 Å². The summed E-state index contributed by atoms with van der Waals surface area (Å²) in [5, 5.41) is 4.68. The summed E-state index contributed by atoms with van der Waals surface area (Å²) in [5.41, 5.74) is 2.49. The van der Waals surface area contributed by atoms with Crippen molar-refractivity contribution in [3.63, 3.8) is 0 Å². The number of anilines is 1. The summed E-state index contributed by atoms with van der Waals surface area (Å²) in [4.78, 5) is 6.19. The number of nitrogens with zero attached hydrogens (tertiary/aromatic N) is 4. The van der Waals surface area contributed by atoms with Gasteiger partial charge in [0, 0.05) is 37.1 Å². The van der Waals surface area contributed by atoms with Crippen molar-refractivity contribution < 1.29 is 4.74 Å². The van der Waals surface area contributed by atoms with E-state index in [-0.39, 0.29) is 0 Å². The summed E-state index contributed by atoms with van der Waals surface area (Å²) in [5.74, 6) is 2.41. The third-order valence-corrected chi connectivity index (χ3v) is 5.85. The fourth-order valence-electron chi connectivity index (χ4n) is 3.44. The molecular weight excluding hydrogens is 344 g/mol. The van der Waals surface area contributed by atoms with Crippen molar-refractivity contribution in [2.24, 2.45) is 7.05 Å². The fourth-order valence-corrected chi connectivity index (χ4v) is 4.29. The Balaban J connectivity index is 1.53. The van der Waals surface area contributed by atoms with Gasteiger partial charge in [0.15, 0.2) is 0 Å². The van der Waals surface area contributed by atoms with Gasteiger partial charge in [0.1, 0.15) is 5.82 Å². The molecule has 0 atom stereocenters. The molecule has 26 heavy (non-hydrogen) atoms. The zero-order valence-electron chi connectivity index (χ0n) is 16.1. The Morgan fingerprint density at radius 1 is 1.19 bits per heavy atom. The smallest absolute Gasteiger partial charge is 0.131 e. The molecule has 2 aromatic rings. The summed E-state index contributed by atoms with van der Waals surface area (Å²) in [7, 11) is 4.26. The maximum Gasteiger partial charge on any atom is 0.131 e. The molecule has 5 nitrogen and oxygen atoms in total. The summed E-state index contributed by atoms with van der Waals surface area (Å²) >= 11 is 1.94. The average Bonchev–Trinajstić information content (AvgIpc) is 2.93. The number of hydrogen-bond donors (Lipinski definition) is 0. The number of aryl methyl sites for hydroxylation is 2. The minimum Gasteiger partial charge on any atom is -0.378 e. The molecule has 2 heterocycles. The minimum absolute atomic E-state index is 0.802. The van der Waals surface area contributed by atoms with Crippen LogP contribution in [0.3, 0.4) is 0 Å². The molecule has 0 amide bonds. The lowest BCUT2D eigenvalue weighted by atomic mass is 10.2. The molecule has 142 valence electrons. The molecule has 6 heteroatoms. The van der Waals surface area contributed by atoms with Crippen LogP contribution in [0.5, 0.6) is 0 Å². The number of rotatable bonds is 8. The fraction of sp³-hybridized carbons (Fsp3) is 0.550. The van der Waals surface area contributed by atoms with Gasteiger partial charge in [-0.2, -0.15) is 5.10 Å². The standard InChI is InChI=1S/C20H30N4OS/c1-17-19(20(23(3)21-17)24-11-13-25-14-12-24)16-22(2)10-7-15-26-18-8-5-4-6-9-18/h4-6,8-9H,7,10-16H2,1-3H3. The van der Waals surface area contributed by atoms with Crippen molar-refractivity contribution in [1.29, 1.82) is 0 Å². The summed E-state index contributed by atoms with van der Waals surface area (Å²) in [6, 6.07) is 10.6. The highest BCUT2D eigenvalue weighted by Gasteiger charge is 2.22. The Morgan fingerprint density at radius 2 is 1.92 bits per heavy atom. The first-order valence-electron chi connectivity index (χ1n) is 9.36. The van der Waals surface area contributed by atoms with Crippen LogP contribution in [0.2, 0.25) is 0 Å². The number of thioether (sulfide) groups is 1. The van der Waals surface area contributed by atoms with Gasteiger partial charge in [0.2, 0.25) is 0 Å². The Hall–Kier alpha value is -1.50. The molecule has 0 spiro atoms. The lowest BCUT2D eigenvalue weighted by molar-refractivity contribution is 0.122. The third-order valence-electron chi connectivity index (χ3n) is 4.75. The Labute approximate surface area is 161 Å². The first-order valence-corrected chi connectivity index (χ1v) is 10.4. The number of ether oxygens (including phenoxy) is 1. The summed E-state index contributed by atoms with van der Waals surface area (Å²) in [6.07, 6.45) is 1.18. The Bertz CT molecular complexity index is 683. The van der Waals surface area contributed by atoms with Crippen molar-refractivity contribution >= 4 is 17.6 Å². The van der Waals surface area contributed by atoms with Gasteiger partial charge in [-0.25, -0.2) is 0 Å². The first kappa shape index (κ1) is 19.3. The monoisotopic (exact) mass is 374 g/mol. The predicted molar refractivity (Wildman–Crippen MR) is 109 cm³/mol. The van der Waals surface area contributed by atoms with Gasteiger partial charge in [-0.1, -0.05) is 18.2 Å². The van der Waals surface area contributed by atoms with Crippen LogP contribution in [0.15, 0.2) is 35.2 Å². The number of morpholine rings is 1. The van der Waals surface area contributed by atoms with E-state index < -0.39 is 0 Å². The first-order chi connectivity index (χ1) is 12.6. The quantitative estimate of drug-likeness (QED) is 0.524. The topological polar surface area (TPSA) is 33.5 Å². The molecule has 1 aromatic heterocycles. The highest BCUT2D eigenvalue weighted by atomic mass is 32.2. The minimum atomic E-state index is 0.802. The largest absolute Gasteiger partial charge is 0.378 e. The van der Waals surface area contributed by atoms with Crippen molar-refractivity contribution in [3.05, 3.63) is 41.6 Å². The van der Waals surface area contributed by atoms with E-state index in [2.05, 4.69) is 66.2 Å². The van der Waals surface area contributed by atoms with Gasteiger partial charge in [0.25, 0.3) is 0 Å². The molecule has 1 aliphatic rings. The van der Waals surface area contributed by atoms with Gasteiger partial charge in [-0.05, 0) is 44.8 Å². The van der Waals surface area contributed by atoms with Crippen molar-refractivity contribution in [2.45, 2.75) is 24.8 Å². The molecule has 1 aliphatic heterocycles. The lowest BCUT2D eigenvalue weighted by Gasteiger charge is -2.30. The maximum absolute atomic E-state index is 5.51. The van der Waals surface area contributed by atoms with E-state index in [0.29, 0.717) is 0 Å². The highest BCUT2D eigenvalue weighted by molar-refractivity contribution is 7.99. The second-order valence-electron chi connectivity index (χ2n) is 6.86. The molecule has 1 saturated heterocycles. The van der Waals surface area contributed by atoms with Crippen LogP contribution in [0.1, 0.15) is 17.7 Å². The van der Waals surface area contributed by atoms with E-state index in [0.717, 1.165) is 50.8 Å². The van der Waals surface area contributed by atoms with E-state index in [1.54, 1.807) is 0 Å². The van der Waals surface area contributed by atoms with E-state index in [4.69, 9.17) is 4.74 Å². The highest BCUT2D eigenvalue weighted by Crippen LogP contribution is 2.25. The molecular formula is C20H30N4OS. The Kier molecular flexibility index (Phi) is 7.00. The van der Waals surface area contributed by atoms with Gasteiger partial charge in [0.05, 0.1) is 18.9 Å². The second kappa shape index (κ2) is 9.44. The SMILES string of the molecule is Cc1nn(C)c(N2CCOCC2)c1CN(C)CCCSc1ccccc1. The van der Waals surface area contributed by atoms with Gasteiger partial charge < -0.3 is 14.5 Å². The number of aromatic nitrogens is 2. The zero-order chi connectivity index (χ0) is 18.4. The van der Waals surface area contributed by atoms with Crippen molar-refractivity contribution in [2.75, 3.05) is 50.5 Å². The lowest BCUT2D eigenvalue weighted by Crippen LogP contribution is -2.38. The van der Waals surface area contributed by atoms with Crippen LogP contribution in [0, 0.1) is 6.92 Å². The van der Waals surface area contributed by atoms with Crippen LogP contribution >= 0.6 is 11.8 Å². The molecule has 1 aromatic carbocycles. The number of benzene rings is 1. The van der Waals surface area contributed by atoms with E-state index in [1.807, 2.05) is 16.4 Å². The van der Waals surface area contributed by atoms with E-state index in [1.165, 1.54) is 22.7 Å². The molecule has 1 fully saturated rings. The molecule has 0 bridgehead atoms. The number of hydrogen-bond acceptors (Lipinski definition) is 5. The molecule has 3 rings (SSSR count). The predicted octanol–water partition coefficient (Wildman–Crippen LogP) is 3.18. The average molecular weight is 375 g/mol. The van der Waals surface area contributed by atoms with Crippen LogP contribution in [0.4, 0.5) is 5.82 Å².